The van der Waals surface area contributed by atoms with E-state index in [1.165, 1.54) is 12.3 Å². The van der Waals surface area contributed by atoms with Crippen molar-refractivity contribution >= 4 is 36.4 Å². The highest BCUT2D eigenvalue weighted by Crippen LogP contribution is 2.18. The van der Waals surface area contributed by atoms with Crippen LogP contribution in [0.25, 0.3) is 0 Å². The number of halogens is 5. The van der Waals surface area contributed by atoms with Crippen molar-refractivity contribution in [3.05, 3.63) is 53.2 Å². The van der Waals surface area contributed by atoms with Gasteiger partial charge in [0.15, 0.2) is 6.61 Å². The maximum absolute atomic E-state index is 12.2. The molecule has 10 heteroatoms. The second kappa shape index (κ2) is 10.1. The zero-order valence-corrected chi connectivity index (χ0v) is 15.3. The number of hydrogen-bond acceptors (Lipinski definition) is 4. The normalized spacial score (nSPS) is 10.3. The maximum atomic E-state index is 12.2. The summed E-state index contributed by atoms with van der Waals surface area (Å²) in [6, 6.07) is 7.92. The van der Waals surface area contributed by atoms with Crippen LogP contribution in [0.15, 0.2) is 36.5 Å². The van der Waals surface area contributed by atoms with E-state index in [4.69, 9.17) is 5.73 Å². The van der Waals surface area contributed by atoms with Gasteiger partial charge >= 0.3 is 6.18 Å². The Hall–Kier alpha value is -2.19. The summed E-state index contributed by atoms with van der Waals surface area (Å²) < 4.78 is 41.0. The molecule has 1 aromatic carbocycles. The number of aromatic nitrogens is 1. The first kappa shape index (κ1) is 23.8. The van der Waals surface area contributed by atoms with Crippen LogP contribution in [0.3, 0.4) is 0 Å². The lowest BCUT2D eigenvalue weighted by molar-refractivity contribution is -0.154. The fourth-order valence-corrected chi connectivity index (χ4v) is 1.96. The lowest BCUT2D eigenvalue weighted by Gasteiger charge is -2.11. The smallest absolute Gasteiger partial charge is 0.422 e. The number of carbonyl (C=O) groups is 1. The Balaban J connectivity index is 0.00000312. The Morgan fingerprint density at radius 2 is 1.92 bits per heavy atom. The van der Waals surface area contributed by atoms with E-state index in [-0.39, 0.29) is 43.1 Å². The molecule has 144 valence electrons. The molecule has 0 aliphatic rings. The highest BCUT2D eigenvalue weighted by Gasteiger charge is 2.28. The van der Waals surface area contributed by atoms with Gasteiger partial charge in [0, 0.05) is 30.1 Å². The molecule has 0 atom stereocenters. The molecule has 1 aromatic heterocycles. The number of ether oxygens (including phenoxy) is 1. The van der Waals surface area contributed by atoms with E-state index in [0.717, 1.165) is 5.56 Å². The van der Waals surface area contributed by atoms with Crippen molar-refractivity contribution in [1.82, 2.24) is 10.3 Å². The number of amides is 1. The molecule has 2 rings (SSSR count). The molecular weight excluding hydrogens is 394 g/mol. The van der Waals surface area contributed by atoms with Crippen LogP contribution in [-0.2, 0) is 6.54 Å². The SMILES string of the molecule is Cc1ccc(N)cc1C(=O)NCc1ccnc(OCC(F)(F)F)c1.Cl.Cl. The first-order chi connectivity index (χ1) is 11.2. The molecule has 0 spiro atoms. The zero-order chi connectivity index (χ0) is 17.7. The largest absolute Gasteiger partial charge is 0.468 e. The third-order valence-electron chi connectivity index (χ3n) is 3.14. The van der Waals surface area contributed by atoms with Crippen LogP contribution in [0.4, 0.5) is 18.9 Å². The molecule has 0 bridgehead atoms. The molecule has 1 amide bonds. The fraction of sp³-hybridized carbons (Fsp3) is 0.250. The van der Waals surface area contributed by atoms with Crippen LogP contribution in [0.2, 0.25) is 0 Å². The lowest BCUT2D eigenvalue weighted by atomic mass is 10.1. The van der Waals surface area contributed by atoms with Crippen molar-refractivity contribution in [2.24, 2.45) is 0 Å². The number of nitrogens with one attached hydrogen (secondary N) is 1. The highest BCUT2D eigenvalue weighted by atomic mass is 35.5. The van der Waals surface area contributed by atoms with Crippen molar-refractivity contribution in [1.29, 1.82) is 0 Å². The van der Waals surface area contributed by atoms with Crippen LogP contribution in [0.1, 0.15) is 21.5 Å². The van der Waals surface area contributed by atoms with Crippen molar-refractivity contribution in [3.8, 4) is 5.88 Å². The van der Waals surface area contributed by atoms with Crippen LogP contribution >= 0.6 is 24.8 Å². The predicted octanol–water partition coefficient (Wildman–Crippen LogP) is 3.69. The van der Waals surface area contributed by atoms with Gasteiger partial charge in [-0.2, -0.15) is 13.2 Å². The van der Waals surface area contributed by atoms with Gasteiger partial charge in [-0.15, -0.1) is 24.8 Å². The van der Waals surface area contributed by atoms with Crippen molar-refractivity contribution < 1.29 is 22.7 Å². The molecule has 0 fully saturated rings. The standard InChI is InChI=1S/C16H16F3N3O2.2ClH/c1-10-2-3-12(20)7-13(10)15(23)22-8-11-4-5-21-14(6-11)24-9-16(17,18)19;;/h2-7H,8-9,20H2,1H3,(H,22,23);2*1H. The number of benzene rings is 1. The van der Waals surface area contributed by atoms with Gasteiger partial charge in [0.25, 0.3) is 5.91 Å². The molecule has 2 aromatic rings. The van der Waals surface area contributed by atoms with Crippen LogP contribution in [0.5, 0.6) is 5.88 Å². The van der Waals surface area contributed by atoms with E-state index in [1.807, 2.05) is 0 Å². The summed E-state index contributed by atoms with van der Waals surface area (Å²) in [6.07, 6.45) is -3.12. The van der Waals surface area contributed by atoms with Crippen LogP contribution in [0, 0.1) is 6.92 Å². The lowest BCUT2D eigenvalue weighted by Crippen LogP contribution is -2.24. The van der Waals surface area contributed by atoms with Gasteiger partial charge in [-0.3, -0.25) is 4.79 Å². The number of rotatable bonds is 5. The summed E-state index contributed by atoms with van der Waals surface area (Å²) in [5.41, 5.74) is 7.91. The minimum Gasteiger partial charge on any atom is -0.468 e. The van der Waals surface area contributed by atoms with Crippen LogP contribution in [-0.4, -0.2) is 23.7 Å². The maximum Gasteiger partial charge on any atom is 0.422 e. The summed E-state index contributed by atoms with van der Waals surface area (Å²) in [5, 5.41) is 2.68. The van der Waals surface area contributed by atoms with Crippen molar-refractivity contribution in [2.75, 3.05) is 12.3 Å². The molecule has 5 nitrogen and oxygen atoms in total. The number of aryl methyl sites for hydroxylation is 1. The second-order valence-corrected chi connectivity index (χ2v) is 5.16. The first-order valence-electron chi connectivity index (χ1n) is 7.03. The minimum absolute atomic E-state index is 0. The first-order valence-corrected chi connectivity index (χ1v) is 7.03. The number of pyridine rings is 1. The van der Waals surface area contributed by atoms with Gasteiger partial charge in [-0.25, -0.2) is 4.98 Å². The molecule has 0 saturated heterocycles. The van der Waals surface area contributed by atoms with E-state index in [9.17, 15) is 18.0 Å². The quantitative estimate of drug-likeness (QED) is 0.735. The summed E-state index contributed by atoms with van der Waals surface area (Å²) in [5.74, 6) is -0.478. The Morgan fingerprint density at radius 3 is 2.58 bits per heavy atom. The van der Waals surface area contributed by atoms with E-state index < -0.39 is 12.8 Å². The molecule has 1 heterocycles. The number of nitrogen functional groups attached to an aromatic ring is 1. The monoisotopic (exact) mass is 411 g/mol. The Kier molecular flexibility index (Phi) is 9.23. The van der Waals surface area contributed by atoms with E-state index in [0.29, 0.717) is 16.8 Å². The van der Waals surface area contributed by atoms with Gasteiger partial charge in [0.05, 0.1) is 0 Å². The zero-order valence-electron chi connectivity index (χ0n) is 13.7. The number of alkyl halides is 3. The summed E-state index contributed by atoms with van der Waals surface area (Å²) in [4.78, 5) is 15.9. The van der Waals surface area contributed by atoms with Gasteiger partial charge in [0.1, 0.15) is 0 Å². The molecule has 0 radical (unpaired) electrons. The third kappa shape index (κ3) is 7.37. The van der Waals surface area contributed by atoms with E-state index in [1.54, 1.807) is 31.2 Å². The Morgan fingerprint density at radius 1 is 1.23 bits per heavy atom. The predicted molar refractivity (Wildman–Crippen MR) is 97.0 cm³/mol. The van der Waals surface area contributed by atoms with E-state index >= 15 is 0 Å². The van der Waals surface area contributed by atoms with E-state index in [2.05, 4.69) is 15.0 Å². The Labute approximate surface area is 161 Å². The number of hydrogen-bond donors (Lipinski definition) is 2. The van der Waals surface area contributed by atoms with Crippen molar-refractivity contribution in [2.45, 2.75) is 19.6 Å². The topological polar surface area (TPSA) is 77.2 Å². The minimum atomic E-state index is -4.43. The summed E-state index contributed by atoms with van der Waals surface area (Å²) in [6.45, 7) is 0.486. The summed E-state index contributed by atoms with van der Waals surface area (Å²) >= 11 is 0. The molecule has 0 aliphatic heterocycles. The molecule has 0 aliphatic carbocycles. The van der Waals surface area contributed by atoms with Gasteiger partial charge in [-0.1, -0.05) is 6.07 Å². The number of nitrogens with zero attached hydrogens (tertiary/aromatic N) is 1. The Bertz CT molecular complexity index is 743. The average Bonchev–Trinajstić information content (AvgIpc) is 2.53. The van der Waals surface area contributed by atoms with Crippen LogP contribution < -0.4 is 15.8 Å². The molecule has 0 unspecified atom stereocenters. The second-order valence-electron chi connectivity index (χ2n) is 5.16. The molecule has 26 heavy (non-hydrogen) atoms. The van der Waals surface area contributed by atoms with Gasteiger partial charge in [0.2, 0.25) is 5.88 Å². The number of carbonyl (C=O) groups excluding carboxylic acids is 1. The molecular formula is C16H18Cl2F3N3O2. The summed E-state index contributed by atoms with van der Waals surface area (Å²) in [7, 11) is 0. The number of anilines is 1. The average molecular weight is 412 g/mol. The highest BCUT2D eigenvalue weighted by molar-refractivity contribution is 5.96. The molecule has 0 saturated carbocycles. The number of nitrogens with two attached hydrogens (primary N) is 1. The fourth-order valence-electron chi connectivity index (χ4n) is 1.96. The van der Waals surface area contributed by atoms with Gasteiger partial charge < -0.3 is 15.8 Å². The van der Waals surface area contributed by atoms with Gasteiger partial charge in [-0.05, 0) is 36.2 Å². The molecule has 3 N–H and O–H groups in total. The van der Waals surface area contributed by atoms with Crippen molar-refractivity contribution in [3.63, 3.8) is 0 Å². The third-order valence-corrected chi connectivity index (χ3v) is 3.14.